The lowest BCUT2D eigenvalue weighted by Gasteiger charge is -2.27. The average Bonchev–Trinajstić information content (AvgIpc) is 3.60. The number of carbonyl (C=O) groups excluding carboxylic acids is 1. The second-order valence-electron chi connectivity index (χ2n) is 8.55. The van der Waals surface area contributed by atoms with Gasteiger partial charge in [-0.3, -0.25) is 4.79 Å². The molecule has 0 aromatic heterocycles. The zero-order valence-corrected chi connectivity index (χ0v) is 19.3. The Morgan fingerprint density at radius 1 is 1.00 bits per heavy atom. The van der Waals surface area contributed by atoms with Gasteiger partial charge in [-0.15, -0.1) is 0 Å². The molecule has 0 N–H and O–H groups in total. The Morgan fingerprint density at radius 3 is 2.24 bits per heavy atom. The monoisotopic (exact) mass is 467 g/mol. The van der Waals surface area contributed by atoms with Gasteiger partial charge in [0.15, 0.2) is 0 Å². The third-order valence-corrected chi connectivity index (χ3v) is 7.09. The first kappa shape index (κ1) is 23.0. The number of halogens is 1. The molecule has 2 unspecified atom stereocenters. The van der Waals surface area contributed by atoms with E-state index in [0.29, 0.717) is 6.54 Å². The van der Waals surface area contributed by atoms with Crippen LogP contribution in [0.2, 0.25) is 0 Å². The van der Waals surface area contributed by atoms with Gasteiger partial charge in [0, 0.05) is 18.5 Å². The lowest BCUT2D eigenvalue weighted by molar-refractivity contribution is -0.135. The first-order valence-electron chi connectivity index (χ1n) is 10.9. The summed E-state index contributed by atoms with van der Waals surface area (Å²) in [6.45, 7) is 4.41. The van der Waals surface area contributed by atoms with Gasteiger partial charge < -0.3 is 9.08 Å². The Kier molecular flexibility index (Phi) is 6.51. The number of rotatable bonds is 8. The lowest BCUT2D eigenvalue weighted by atomic mass is 10.1. The minimum atomic E-state index is -4.06. The Balaban J connectivity index is 1.41. The molecular weight excluding hydrogens is 441 g/mol. The fourth-order valence-electron chi connectivity index (χ4n) is 3.89. The first-order chi connectivity index (χ1) is 15.7. The molecule has 1 saturated carbocycles. The quantitative estimate of drug-likeness (QED) is 0.431. The minimum absolute atomic E-state index is 0.00161. The SMILES string of the molecule is CC(C)N(Cc1ccc(OS(=O)(=O)c2ccc(F)cc2)cc1)C(=O)C1CC1c1ccccc1. The van der Waals surface area contributed by atoms with Crippen molar-refractivity contribution in [2.45, 2.75) is 43.7 Å². The van der Waals surface area contributed by atoms with Crippen LogP contribution < -0.4 is 4.18 Å². The summed E-state index contributed by atoms with van der Waals surface area (Å²) in [7, 11) is -4.06. The molecule has 0 bridgehead atoms. The highest BCUT2D eigenvalue weighted by molar-refractivity contribution is 7.87. The second kappa shape index (κ2) is 9.35. The van der Waals surface area contributed by atoms with Crippen LogP contribution >= 0.6 is 0 Å². The molecule has 2 atom stereocenters. The predicted octanol–water partition coefficient (Wildman–Crippen LogP) is 5.13. The van der Waals surface area contributed by atoms with Crippen molar-refractivity contribution in [3.05, 3.63) is 95.8 Å². The van der Waals surface area contributed by atoms with Crippen LogP contribution in [0.15, 0.2) is 83.8 Å². The van der Waals surface area contributed by atoms with E-state index in [4.69, 9.17) is 4.18 Å². The Hall–Kier alpha value is -3.19. The number of hydrogen-bond acceptors (Lipinski definition) is 4. The van der Waals surface area contributed by atoms with Crippen LogP contribution in [0.4, 0.5) is 4.39 Å². The van der Waals surface area contributed by atoms with Gasteiger partial charge in [0.2, 0.25) is 5.91 Å². The van der Waals surface area contributed by atoms with Crippen LogP contribution in [-0.2, 0) is 21.5 Å². The maximum Gasteiger partial charge on any atom is 0.339 e. The topological polar surface area (TPSA) is 63.7 Å². The minimum Gasteiger partial charge on any atom is -0.379 e. The van der Waals surface area contributed by atoms with Crippen LogP contribution in [0.1, 0.15) is 37.3 Å². The Bertz CT molecular complexity index is 1210. The first-order valence-corrected chi connectivity index (χ1v) is 12.3. The number of nitrogens with zero attached hydrogens (tertiary/aromatic N) is 1. The van der Waals surface area contributed by atoms with Gasteiger partial charge in [-0.1, -0.05) is 42.5 Å². The molecule has 0 heterocycles. The molecular formula is C26H26FNO4S. The smallest absolute Gasteiger partial charge is 0.339 e. The summed E-state index contributed by atoms with van der Waals surface area (Å²) in [5.41, 5.74) is 2.07. The molecule has 0 aliphatic heterocycles. The van der Waals surface area contributed by atoms with Gasteiger partial charge in [-0.2, -0.15) is 8.42 Å². The van der Waals surface area contributed by atoms with Crippen LogP contribution in [0.5, 0.6) is 5.75 Å². The van der Waals surface area contributed by atoms with Crippen molar-refractivity contribution in [2.75, 3.05) is 0 Å². The third kappa shape index (κ3) is 5.42. The molecule has 0 spiro atoms. The van der Waals surface area contributed by atoms with Gasteiger partial charge in [0.25, 0.3) is 0 Å². The maximum atomic E-state index is 13.2. The van der Waals surface area contributed by atoms with E-state index in [2.05, 4.69) is 12.1 Å². The average molecular weight is 468 g/mol. The van der Waals surface area contributed by atoms with Crippen molar-refractivity contribution < 1.29 is 21.8 Å². The van der Waals surface area contributed by atoms with Gasteiger partial charge in [-0.25, -0.2) is 4.39 Å². The molecule has 1 amide bonds. The van der Waals surface area contributed by atoms with E-state index < -0.39 is 15.9 Å². The molecule has 172 valence electrons. The number of carbonyl (C=O) groups is 1. The van der Waals surface area contributed by atoms with Crippen molar-refractivity contribution in [3.63, 3.8) is 0 Å². The van der Waals surface area contributed by atoms with Crippen LogP contribution in [0, 0.1) is 11.7 Å². The molecule has 1 aliphatic carbocycles. The normalized spacial score (nSPS) is 17.6. The summed E-state index contributed by atoms with van der Waals surface area (Å²) in [4.78, 5) is 14.9. The predicted molar refractivity (Wildman–Crippen MR) is 124 cm³/mol. The number of amides is 1. The zero-order valence-electron chi connectivity index (χ0n) is 18.5. The van der Waals surface area contributed by atoms with Crippen LogP contribution in [0.3, 0.4) is 0 Å². The maximum absolute atomic E-state index is 13.2. The van der Waals surface area contributed by atoms with Gasteiger partial charge in [0.1, 0.15) is 16.5 Å². The summed E-state index contributed by atoms with van der Waals surface area (Å²) in [6.07, 6.45) is 0.861. The molecule has 4 rings (SSSR count). The summed E-state index contributed by atoms with van der Waals surface area (Å²) in [6, 6.07) is 21.2. The van der Waals surface area contributed by atoms with E-state index in [-0.39, 0.29) is 34.4 Å². The van der Waals surface area contributed by atoms with E-state index in [0.717, 1.165) is 36.2 Å². The van der Waals surface area contributed by atoms with Crippen LogP contribution in [0.25, 0.3) is 0 Å². The Morgan fingerprint density at radius 2 is 1.64 bits per heavy atom. The summed E-state index contributed by atoms with van der Waals surface area (Å²) in [5, 5.41) is 0. The van der Waals surface area contributed by atoms with E-state index in [9.17, 15) is 17.6 Å². The highest BCUT2D eigenvalue weighted by Gasteiger charge is 2.46. The number of hydrogen-bond donors (Lipinski definition) is 0. The molecule has 0 saturated heterocycles. The molecule has 0 radical (unpaired) electrons. The fraction of sp³-hybridized carbons (Fsp3) is 0.269. The van der Waals surface area contributed by atoms with Crippen LogP contribution in [-0.4, -0.2) is 25.3 Å². The zero-order chi connectivity index (χ0) is 23.6. The molecule has 1 aliphatic rings. The molecule has 3 aromatic rings. The fourth-order valence-corrected chi connectivity index (χ4v) is 4.82. The summed E-state index contributed by atoms with van der Waals surface area (Å²) >= 11 is 0. The van der Waals surface area contributed by atoms with Crippen molar-refractivity contribution >= 4 is 16.0 Å². The molecule has 33 heavy (non-hydrogen) atoms. The standard InChI is InChI=1S/C26H26FNO4S/c1-18(2)28(26(29)25-16-24(25)20-6-4-3-5-7-20)17-19-8-12-22(13-9-19)32-33(30,31)23-14-10-21(27)11-15-23/h3-15,18,24-25H,16-17H2,1-2H3. The Labute approximate surface area is 193 Å². The summed E-state index contributed by atoms with van der Waals surface area (Å²) in [5.74, 6) is 0.0318. The molecule has 5 nitrogen and oxygen atoms in total. The van der Waals surface area contributed by atoms with Gasteiger partial charge in [-0.05, 0) is 73.7 Å². The molecule has 3 aromatic carbocycles. The highest BCUT2D eigenvalue weighted by Crippen LogP contribution is 2.48. The van der Waals surface area contributed by atoms with Crippen molar-refractivity contribution in [3.8, 4) is 5.75 Å². The van der Waals surface area contributed by atoms with E-state index >= 15 is 0 Å². The van der Waals surface area contributed by atoms with Crippen molar-refractivity contribution in [1.82, 2.24) is 4.90 Å². The molecule has 1 fully saturated rings. The van der Waals surface area contributed by atoms with E-state index in [1.165, 1.54) is 5.56 Å². The van der Waals surface area contributed by atoms with Gasteiger partial charge in [0.05, 0.1) is 0 Å². The highest BCUT2D eigenvalue weighted by atomic mass is 32.2. The van der Waals surface area contributed by atoms with E-state index in [1.807, 2.05) is 36.9 Å². The van der Waals surface area contributed by atoms with Gasteiger partial charge >= 0.3 is 10.1 Å². The van der Waals surface area contributed by atoms with Crippen molar-refractivity contribution in [1.29, 1.82) is 0 Å². The lowest BCUT2D eigenvalue weighted by Crippen LogP contribution is -2.37. The second-order valence-corrected chi connectivity index (χ2v) is 10.1. The largest absolute Gasteiger partial charge is 0.379 e. The number of benzene rings is 3. The molecule has 7 heteroatoms. The van der Waals surface area contributed by atoms with Crippen molar-refractivity contribution in [2.24, 2.45) is 5.92 Å². The summed E-state index contributed by atoms with van der Waals surface area (Å²) < 4.78 is 43.0. The van der Waals surface area contributed by atoms with E-state index in [1.54, 1.807) is 24.3 Å². The third-order valence-electron chi connectivity index (χ3n) is 5.83.